The molecule has 39 heavy (non-hydrogen) atoms. The molecule has 202 valence electrons. The van der Waals surface area contributed by atoms with Gasteiger partial charge in [0.2, 0.25) is 11.5 Å². The van der Waals surface area contributed by atoms with Crippen LogP contribution in [-0.4, -0.2) is 41.0 Å². The van der Waals surface area contributed by atoms with Crippen LogP contribution in [0.2, 0.25) is 15.1 Å². The number of anilines is 1. The lowest BCUT2D eigenvalue weighted by molar-refractivity contribution is -0.167. The SMILES string of the molecule is O=C(c1oc2nc(-c3ccc(Cl)cc3Cl)c(-c3ccc(Cl)cc3)cc2c1NC(=O)C(F)(F)F)N1CCCCC1. The number of pyridine rings is 1. The first-order chi connectivity index (χ1) is 18.5. The Bertz CT molecular complexity index is 1580. The molecule has 2 amide bonds. The summed E-state index contributed by atoms with van der Waals surface area (Å²) in [7, 11) is 0. The molecule has 0 bridgehead atoms. The van der Waals surface area contributed by atoms with E-state index in [0.29, 0.717) is 45.5 Å². The van der Waals surface area contributed by atoms with E-state index in [1.54, 1.807) is 36.4 Å². The average Bonchev–Trinajstić information content (AvgIpc) is 3.25. The predicted molar refractivity (Wildman–Crippen MR) is 144 cm³/mol. The van der Waals surface area contributed by atoms with E-state index < -0.39 is 29.4 Å². The van der Waals surface area contributed by atoms with Crippen LogP contribution in [0, 0.1) is 0 Å². The molecule has 3 heterocycles. The molecule has 1 aliphatic heterocycles. The zero-order valence-corrected chi connectivity index (χ0v) is 22.3. The van der Waals surface area contributed by atoms with Gasteiger partial charge in [-0.25, -0.2) is 4.98 Å². The zero-order chi connectivity index (χ0) is 27.9. The third kappa shape index (κ3) is 5.57. The Morgan fingerprint density at radius 2 is 1.56 bits per heavy atom. The van der Waals surface area contributed by atoms with Crippen LogP contribution in [0.1, 0.15) is 29.8 Å². The predicted octanol–water partition coefficient (Wildman–Crippen LogP) is 8.25. The maximum Gasteiger partial charge on any atom is 0.471 e. The Hall–Kier alpha value is -3.27. The number of alkyl halides is 3. The molecule has 0 radical (unpaired) electrons. The van der Waals surface area contributed by atoms with Gasteiger partial charge in [0.15, 0.2) is 0 Å². The fourth-order valence-electron chi connectivity index (χ4n) is 4.46. The first-order valence-corrected chi connectivity index (χ1v) is 13.0. The molecule has 5 rings (SSSR count). The third-order valence-electron chi connectivity index (χ3n) is 6.36. The summed E-state index contributed by atoms with van der Waals surface area (Å²) in [5.74, 6) is -3.31. The standard InChI is InChI=1S/C27H19Cl3F3N3O3/c28-15-6-4-14(5-7-15)18-13-19-22(35-26(38)27(31,32)33)23(25(37)36-10-2-1-3-11-36)39-24(19)34-21(18)17-9-8-16(29)12-20(17)30/h4-9,12-13H,1-3,10-11H2,(H,35,38). The van der Waals surface area contributed by atoms with Gasteiger partial charge in [-0.15, -0.1) is 0 Å². The maximum atomic E-state index is 13.4. The second-order valence-electron chi connectivity index (χ2n) is 8.98. The molecule has 0 aliphatic carbocycles. The number of aromatic nitrogens is 1. The number of nitrogens with zero attached hydrogens (tertiary/aromatic N) is 2. The molecular formula is C27H19Cl3F3N3O3. The Morgan fingerprint density at radius 1 is 0.897 bits per heavy atom. The molecule has 1 saturated heterocycles. The topological polar surface area (TPSA) is 75.4 Å². The van der Waals surface area contributed by atoms with Crippen molar-refractivity contribution in [2.75, 3.05) is 18.4 Å². The van der Waals surface area contributed by atoms with Crippen LogP contribution in [-0.2, 0) is 4.79 Å². The van der Waals surface area contributed by atoms with Gasteiger partial charge >= 0.3 is 12.1 Å². The van der Waals surface area contributed by atoms with E-state index >= 15 is 0 Å². The van der Waals surface area contributed by atoms with E-state index in [4.69, 9.17) is 39.2 Å². The van der Waals surface area contributed by atoms with E-state index in [1.807, 2.05) is 5.32 Å². The number of carbonyl (C=O) groups excluding carboxylic acids is 2. The maximum absolute atomic E-state index is 13.4. The summed E-state index contributed by atoms with van der Waals surface area (Å²) in [6, 6.07) is 13.0. The van der Waals surface area contributed by atoms with Crippen molar-refractivity contribution < 1.29 is 27.2 Å². The van der Waals surface area contributed by atoms with Gasteiger partial charge < -0.3 is 14.6 Å². The largest absolute Gasteiger partial charge is 0.471 e. The highest BCUT2D eigenvalue weighted by Crippen LogP contribution is 2.42. The zero-order valence-electron chi connectivity index (χ0n) is 20.0. The summed E-state index contributed by atoms with van der Waals surface area (Å²) < 4.78 is 45.6. The minimum absolute atomic E-state index is 0.0201. The number of likely N-dealkylation sites (tertiary alicyclic amines) is 1. The number of hydrogen-bond donors (Lipinski definition) is 1. The van der Waals surface area contributed by atoms with Gasteiger partial charge in [0.05, 0.1) is 16.1 Å². The summed E-state index contributed by atoms with van der Waals surface area (Å²) in [5, 5.41) is 3.00. The molecule has 1 N–H and O–H groups in total. The molecule has 2 aromatic carbocycles. The summed E-state index contributed by atoms with van der Waals surface area (Å²) >= 11 is 18.6. The van der Waals surface area contributed by atoms with Crippen molar-refractivity contribution in [3.63, 3.8) is 0 Å². The van der Waals surface area contributed by atoms with Crippen LogP contribution in [0.25, 0.3) is 33.5 Å². The smallest absolute Gasteiger partial charge is 0.430 e. The Morgan fingerprint density at radius 3 is 2.21 bits per heavy atom. The summed E-state index contributed by atoms with van der Waals surface area (Å²) in [6.45, 7) is 0.829. The van der Waals surface area contributed by atoms with Gasteiger partial charge in [0.25, 0.3) is 5.91 Å². The number of nitrogens with one attached hydrogen (secondary N) is 1. The first kappa shape index (κ1) is 27.3. The lowest BCUT2D eigenvalue weighted by atomic mass is 9.98. The fourth-order valence-corrected chi connectivity index (χ4v) is 5.08. The van der Waals surface area contributed by atoms with E-state index in [2.05, 4.69) is 4.98 Å². The Kier molecular flexibility index (Phi) is 7.50. The number of rotatable bonds is 4. The highest BCUT2D eigenvalue weighted by atomic mass is 35.5. The van der Waals surface area contributed by atoms with E-state index in [9.17, 15) is 22.8 Å². The van der Waals surface area contributed by atoms with Gasteiger partial charge in [0.1, 0.15) is 5.69 Å². The second kappa shape index (κ2) is 10.7. The Balaban J connectivity index is 1.77. The van der Waals surface area contributed by atoms with E-state index in [0.717, 1.165) is 19.3 Å². The molecule has 6 nitrogen and oxygen atoms in total. The quantitative estimate of drug-likeness (QED) is 0.257. The van der Waals surface area contributed by atoms with Crippen molar-refractivity contribution >= 4 is 63.4 Å². The number of piperidine rings is 1. The molecule has 4 aromatic rings. The molecular weight excluding hydrogens is 578 g/mol. The molecule has 0 saturated carbocycles. The van der Waals surface area contributed by atoms with E-state index in [-0.39, 0.29) is 16.1 Å². The van der Waals surface area contributed by atoms with Crippen molar-refractivity contribution in [1.82, 2.24) is 9.88 Å². The highest BCUT2D eigenvalue weighted by molar-refractivity contribution is 6.36. The van der Waals surface area contributed by atoms with Crippen molar-refractivity contribution in [3.05, 3.63) is 69.4 Å². The molecule has 0 unspecified atom stereocenters. The van der Waals surface area contributed by atoms with Crippen LogP contribution >= 0.6 is 34.8 Å². The van der Waals surface area contributed by atoms with Crippen LogP contribution < -0.4 is 5.32 Å². The molecule has 2 aromatic heterocycles. The van der Waals surface area contributed by atoms with Crippen molar-refractivity contribution in [1.29, 1.82) is 0 Å². The molecule has 0 atom stereocenters. The van der Waals surface area contributed by atoms with Gasteiger partial charge in [0, 0.05) is 34.3 Å². The van der Waals surface area contributed by atoms with Crippen molar-refractivity contribution in [3.8, 4) is 22.4 Å². The average molecular weight is 597 g/mol. The number of furan rings is 1. The minimum atomic E-state index is -5.20. The van der Waals surface area contributed by atoms with Gasteiger partial charge in [-0.1, -0.05) is 46.9 Å². The highest BCUT2D eigenvalue weighted by Gasteiger charge is 2.41. The van der Waals surface area contributed by atoms with Gasteiger partial charge in [-0.3, -0.25) is 9.59 Å². The third-order valence-corrected chi connectivity index (χ3v) is 7.16. The van der Waals surface area contributed by atoms with Crippen molar-refractivity contribution in [2.24, 2.45) is 0 Å². The van der Waals surface area contributed by atoms with Crippen LogP contribution in [0.3, 0.4) is 0 Å². The van der Waals surface area contributed by atoms with E-state index in [1.165, 1.54) is 17.0 Å². The lowest BCUT2D eigenvalue weighted by Gasteiger charge is -2.26. The number of amides is 2. The number of benzene rings is 2. The van der Waals surface area contributed by atoms with Crippen molar-refractivity contribution in [2.45, 2.75) is 25.4 Å². The monoisotopic (exact) mass is 595 g/mol. The number of fused-ring (bicyclic) bond motifs is 1. The van der Waals surface area contributed by atoms with Gasteiger partial charge in [-0.05, 0) is 61.2 Å². The molecule has 1 aliphatic rings. The molecule has 12 heteroatoms. The van der Waals surface area contributed by atoms with Crippen LogP contribution in [0.5, 0.6) is 0 Å². The molecule has 0 spiro atoms. The molecule has 1 fully saturated rings. The lowest BCUT2D eigenvalue weighted by Crippen LogP contribution is -2.36. The van der Waals surface area contributed by atoms with Crippen LogP contribution in [0.4, 0.5) is 18.9 Å². The normalized spacial score (nSPS) is 14.1. The first-order valence-electron chi connectivity index (χ1n) is 11.9. The summed E-state index contributed by atoms with van der Waals surface area (Å²) in [6.07, 6.45) is -2.78. The summed E-state index contributed by atoms with van der Waals surface area (Å²) in [4.78, 5) is 31.5. The number of halogens is 6. The van der Waals surface area contributed by atoms with Crippen LogP contribution in [0.15, 0.2) is 52.9 Å². The number of carbonyl (C=O) groups is 2. The summed E-state index contributed by atoms with van der Waals surface area (Å²) in [5.41, 5.74) is 1.29. The second-order valence-corrected chi connectivity index (χ2v) is 10.3. The Labute approximate surface area is 235 Å². The van der Waals surface area contributed by atoms with Gasteiger partial charge in [-0.2, -0.15) is 13.2 Å². The fraction of sp³-hybridized carbons (Fsp3) is 0.222. The minimum Gasteiger partial charge on any atom is -0.430 e. The number of hydrogen-bond acceptors (Lipinski definition) is 4.